The number of rotatable bonds is 4. The molecule has 0 amide bonds. The van der Waals surface area contributed by atoms with Crippen LogP contribution in [-0.2, 0) is 0 Å². The molecule has 0 radical (unpaired) electrons. The Kier molecular flexibility index (Phi) is 4.27. The Morgan fingerprint density at radius 1 is 1.37 bits per heavy atom. The van der Waals surface area contributed by atoms with Gasteiger partial charge in [0.05, 0.1) is 10.2 Å². The molecular formula is C14H17N3S2. The molecule has 0 fully saturated rings. The molecule has 2 heterocycles. The number of nitrogens with zero attached hydrogens (tertiary/aromatic N) is 2. The largest absolute Gasteiger partial charge is 0.391 e. The van der Waals surface area contributed by atoms with Gasteiger partial charge in [-0.05, 0) is 25.7 Å². The Bertz CT molecular complexity index is 656. The van der Waals surface area contributed by atoms with Gasteiger partial charge in [0.25, 0.3) is 0 Å². The lowest BCUT2D eigenvalue weighted by Gasteiger charge is -2.11. The zero-order valence-corrected chi connectivity index (χ0v) is 13.2. The van der Waals surface area contributed by atoms with Gasteiger partial charge in [-0.15, -0.1) is 23.1 Å². The van der Waals surface area contributed by atoms with Gasteiger partial charge in [0.15, 0.2) is 0 Å². The lowest BCUT2D eigenvalue weighted by atomic mass is 10.00. The Balaban J connectivity index is 2.73. The third-order valence-electron chi connectivity index (χ3n) is 2.96. The molecule has 1 N–H and O–H groups in total. The summed E-state index contributed by atoms with van der Waals surface area (Å²) in [5, 5.41) is 6.38. The maximum absolute atomic E-state index is 4.45. The predicted octanol–water partition coefficient (Wildman–Crippen LogP) is 3.94. The smallest absolute Gasteiger partial charge is 0.117 e. The Morgan fingerprint density at radius 3 is 2.68 bits per heavy atom. The highest BCUT2D eigenvalue weighted by molar-refractivity contribution is 7.98. The van der Waals surface area contributed by atoms with Crippen molar-refractivity contribution in [1.29, 1.82) is 0 Å². The van der Waals surface area contributed by atoms with Crippen molar-refractivity contribution in [2.45, 2.75) is 18.9 Å². The number of thiophene rings is 1. The van der Waals surface area contributed by atoms with Gasteiger partial charge < -0.3 is 5.32 Å². The second-order valence-corrected chi connectivity index (χ2v) is 5.91. The van der Waals surface area contributed by atoms with Crippen molar-refractivity contribution in [3.63, 3.8) is 0 Å². The first kappa shape index (κ1) is 14.1. The zero-order valence-electron chi connectivity index (χ0n) is 11.6. The van der Waals surface area contributed by atoms with Gasteiger partial charge in [-0.25, -0.2) is 9.97 Å². The molecule has 3 nitrogen and oxygen atoms in total. The van der Waals surface area contributed by atoms with Gasteiger partial charge in [0, 0.05) is 29.3 Å². The van der Waals surface area contributed by atoms with Gasteiger partial charge in [-0.1, -0.05) is 6.58 Å². The van der Waals surface area contributed by atoms with E-state index in [2.05, 4.69) is 34.2 Å². The monoisotopic (exact) mass is 291 g/mol. The van der Waals surface area contributed by atoms with Crippen LogP contribution in [0.4, 0.5) is 0 Å². The van der Waals surface area contributed by atoms with Crippen LogP contribution in [0.25, 0.3) is 15.8 Å². The normalized spacial score (nSPS) is 12.4. The number of nitrogens with one attached hydrogen (secondary N) is 1. The first-order valence-electron chi connectivity index (χ1n) is 5.91. The van der Waals surface area contributed by atoms with Crippen LogP contribution in [0.3, 0.4) is 0 Å². The van der Waals surface area contributed by atoms with Crippen molar-refractivity contribution < 1.29 is 0 Å². The van der Waals surface area contributed by atoms with Gasteiger partial charge in [0.1, 0.15) is 11.4 Å². The van der Waals surface area contributed by atoms with E-state index in [1.54, 1.807) is 29.4 Å². The summed E-state index contributed by atoms with van der Waals surface area (Å²) in [5.41, 5.74) is 5.43. The van der Waals surface area contributed by atoms with Crippen LogP contribution in [0.2, 0.25) is 0 Å². The SMILES string of the molecule is C=C(C)/C(=C(/C)NC)c1csc2c(SC)ncnc12. The summed E-state index contributed by atoms with van der Waals surface area (Å²) in [5.74, 6) is 0. The van der Waals surface area contributed by atoms with E-state index in [0.29, 0.717) is 0 Å². The Morgan fingerprint density at radius 2 is 2.11 bits per heavy atom. The molecule has 0 saturated carbocycles. The van der Waals surface area contributed by atoms with E-state index < -0.39 is 0 Å². The summed E-state index contributed by atoms with van der Waals surface area (Å²) in [6.07, 6.45) is 3.67. The number of fused-ring (bicyclic) bond motifs is 1. The van der Waals surface area contributed by atoms with E-state index >= 15 is 0 Å². The van der Waals surface area contributed by atoms with E-state index in [4.69, 9.17) is 0 Å². The van der Waals surface area contributed by atoms with Crippen LogP contribution >= 0.6 is 23.1 Å². The maximum Gasteiger partial charge on any atom is 0.117 e. The number of aromatic nitrogens is 2. The number of allylic oxidation sites excluding steroid dienone is 3. The summed E-state index contributed by atoms with van der Waals surface area (Å²) in [4.78, 5) is 8.77. The molecule has 0 aliphatic rings. The van der Waals surface area contributed by atoms with Crippen LogP contribution in [0.15, 0.2) is 34.6 Å². The lowest BCUT2D eigenvalue weighted by molar-refractivity contribution is 0.993. The molecule has 0 aliphatic carbocycles. The van der Waals surface area contributed by atoms with Crippen LogP contribution in [0.1, 0.15) is 19.4 Å². The molecule has 2 aromatic heterocycles. The fourth-order valence-corrected chi connectivity index (χ4v) is 3.75. The fraction of sp³-hybridized carbons (Fsp3) is 0.286. The highest BCUT2D eigenvalue weighted by Crippen LogP contribution is 2.36. The second kappa shape index (κ2) is 5.75. The number of hydrogen-bond acceptors (Lipinski definition) is 5. The molecule has 0 aromatic carbocycles. The second-order valence-electron chi connectivity index (χ2n) is 4.24. The van der Waals surface area contributed by atoms with Crippen LogP contribution < -0.4 is 5.32 Å². The summed E-state index contributed by atoms with van der Waals surface area (Å²) in [6.45, 7) is 8.17. The van der Waals surface area contributed by atoms with Gasteiger partial charge in [-0.3, -0.25) is 0 Å². The van der Waals surface area contributed by atoms with E-state index in [-0.39, 0.29) is 0 Å². The van der Waals surface area contributed by atoms with Crippen LogP contribution in [0, 0.1) is 0 Å². The molecule has 5 heteroatoms. The molecule has 0 unspecified atom stereocenters. The van der Waals surface area contributed by atoms with E-state index in [1.807, 2.05) is 20.2 Å². The van der Waals surface area contributed by atoms with Gasteiger partial charge in [-0.2, -0.15) is 0 Å². The van der Waals surface area contributed by atoms with E-state index in [9.17, 15) is 0 Å². The highest BCUT2D eigenvalue weighted by atomic mass is 32.2. The van der Waals surface area contributed by atoms with Crippen molar-refractivity contribution in [3.8, 4) is 0 Å². The van der Waals surface area contributed by atoms with Crippen molar-refractivity contribution in [2.24, 2.45) is 0 Å². The zero-order chi connectivity index (χ0) is 14.0. The summed E-state index contributed by atoms with van der Waals surface area (Å²) in [7, 11) is 1.93. The molecule has 19 heavy (non-hydrogen) atoms. The molecule has 0 spiro atoms. The molecule has 0 atom stereocenters. The highest BCUT2D eigenvalue weighted by Gasteiger charge is 2.15. The third-order valence-corrected chi connectivity index (χ3v) is 4.76. The summed E-state index contributed by atoms with van der Waals surface area (Å²) < 4.78 is 1.15. The quantitative estimate of drug-likeness (QED) is 0.526. The molecule has 0 aliphatic heterocycles. The lowest BCUT2D eigenvalue weighted by Crippen LogP contribution is -2.06. The standard InChI is InChI=1S/C14H17N3S2/c1-8(2)11(9(3)15-4)10-6-19-13-12(10)16-7-17-14(13)18-5/h6-7,15H,1H2,2-5H3/b11-9+. The fourth-order valence-electron chi connectivity index (χ4n) is 2.03. The van der Waals surface area contributed by atoms with Crippen molar-refractivity contribution >= 4 is 38.9 Å². The minimum atomic E-state index is 1.01. The minimum absolute atomic E-state index is 1.01. The van der Waals surface area contributed by atoms with Crippen LogP contribution in [-0.4, -0.2) is 23.3 Å². The average molecular weight is 291 g/mol. The van der Waals surface area contributed by atoms with Crippen LogP contribution in [0.5, 0.6) is 0 Å². The molecule has 100 valence electrons. The topological polar surface area (TPSA) is 37.8 Å². The minimum Gasteiger partial charge on any atom is -0.391 e. The molecular weight excluding hydrogens is 274 g/mol. The molecule has 2 aromatic rings. The van der Waals surface area contributed by atoms with Gasteiger partial charge >= 0.3 is 0 Å². The summed E-state index contributed by atoms with van der Waals surface area (Å²) >= 11 is 3.34. The molecule has 2 rings (SSSR count). The average Bonchev–Trinajstić information content (AvgIpc) is 2.82. The first-order chi connectivity index (χ1) is 9.10. The number of thioether (sulfide) groups is 1. The van der Waals surface area contributed by atoms with Crippen molar-refractivity contribution in [2.75, 3.05) is 13.3 Å². The van der Waals surface area contributed by atoms with E-state index in [1.165, 1.54) is 0 Å². The predicted molar refractivity (Wildman–Crippen MR) is 85.7 cm³/mol. The van der Waals surface area contributed by atoms with E-state index in [0.717, 1.165) is 37.6 Å². The van der Waals surface area contributed by atoms with Crippen molar-refractivity contribution in [3.05, 3.63) is 35.1 Å². The molecule has 0 saturated heterocycles. The Labute approximate surface area is 121 Å². The first-order valence-corrected chi connectivity index (χ1v) is 8.01. The number of hydrogen-bond donors (Lipinski definition) is 1. The van der Waals surface area contributed by atoms with Gasteiger partial charge in [0.2, 0.25) is 0 Å². The maximum atomic E-state index is 4.45. The third kappa shape index (κ3) is 2.53. The molecule has 0 bridgehead atoms. The summed E-state index contributed by atoms with van der Waals surface area (Å²) in [6, 6.07) is 0. The Hall–Kier alpha value is -1.33. The van der Waals surface area contributed by atoms with Crippen molar-refractivity contribution in [1.82, 2.24) is 15.3 Å².